The van der Waals surface area contributed by atoms with Crippen LogP contribution >= 0.6 is 0 Å². The lowest BCUT2D eigenvalue weighted by molar-refractivity contribution is -0.155. The first kappa shape index (κ1) is 12.2. The minimum atomic E-state index is -0.368. The molecule has 0 radical (unpaired) electrons. The standard InChI is InChI=1S/C12H20O3/c1-8(13)12(5)7-6-10(11(12,3)4)15-9(2)14/h10H,6-7H2,1-5H3/t10-,12+/m1/s1. The Morgan fingerprint density at radius 3 is 2.07 bits per heavy atom. The lowest BCUT2D eigenvalue weighted by Crippen LogP contribution is -2.42. The molecule has 0 aliphatic heterocycles. The van der Waals surface area contributed by atoms with Crippen LogP contribution in [0, 0.1) is 10.8 Å². The topological polar surface area (TPSA) is 43.4 Å². The number of carbonyl (C=O) groups excluding carboxylic acids is 2. The van der Waals surface area contributed by atoms with Crippen molar-refractivity contribution in [1.82, 2.24) is 0 Å². The molecule has 1 aliphatic rings. The fourth-order valence-electron chi connectivity index (χ4n) is 2.49. The average Bonchev–Trinajstić information content (AvgIpc) is 2.29. The first-order valence-electron chi connectivity index (χ1n) is 5.40. The Bertz CT molecular complexity index is 293. The van der Waals surface area contributed by atoms with Gasteiger partial charge in [0.1, 0.15) is 11.9 Å². The SMILES string of the molecule is CC(=O)O[C@@H]1CC[C@@](C)(C(C)=O)C1(C)C. The zero-order chi connectivity index (χ0) is 11.9. The van der Waals surface area contributed by atoms with Crippen LogP contribution in [-0.2, 0) is 14.3 Å². The van der Waals surface area contributed by atoms with Gasteiger partial charge in [0.25, 0.3) is 0 Å². The Hall–Kier alpha value is -0.860. The second-order valence-electron chi connectivity index (χ2n) is 5.25. The van der Waals surface area contributed by atoms with Crippen LogP contribution in [0.3, 0.4) is 0 Å². The van der Waals surface area contributed by atoms with Crippen molar-refractivity contribution in [2.45, 2.75) is 53.6 Å². The van der Waals surface area contributed by atoms with E-state index < -0.39 is 0 Å². The van der Waals surface area contributed by atoms with E-state index in [1.54, 1.807) is 6.92 Å². The van der Waals surface area contributed by atoms with Crippen LogP contribution in [0.25, 0.3) is 0 Å². The number of Topliss-reactive ketones (excluding diaryl/α,β-unsaturated/α-hetero) is 1. The molecule has 3 nitrogen and oxygen atoms in total. The lowest BCUT2D eigenvalue weighted by atomic mass is 9.66. The molecule has 0 aromatic carbocycles. The molecular weight excluding hydrogens is 192 g/mol. The molecule has 0 bridgehead atoms. The van der Waals surface area contributed by atoms with Gasteiger partial charge in [-0.3, -0.25) is 9.59 Å². The minimum absolute atomic E-state index is 0.135. The molecule has 0 aromatic heterocycles. The summed E-state index contributed by atoms with van der Waals surface area (Å²) in [6.07, 6.45) is 1.44. The zero-order valence-corrected chi connectivity index (χ0v) is 10.2. The Morgan fingerprint density at radius 1 is 1.20 bits per heavy atom. The maximum atomic E-state index is 11.7. The summed E-state index contributed by atoms with van der Waals surface area (Å²) in [5, 5.41) is 0. The van der Waals surface area contributed by atoms with Crippen LogP contribution in [0.4, 0.5) is 0 Å². The molecule has 0 aromatic rings. The van der Waals surface area contributed by atoms with Gasteiger partial charge in [-0.1, -0.05) is 20.8 Å². The maximum Gasteiger partial charge on any atom is 0.302 e. The number of carbonyl (C=O) groups is 2. The van der Waals surface area contributed by atoms with Crippen molar-refractivity contribution < 1.29 is 14.3 Å². The fourth-order valence-corrected chi connectivity index (χ4v) is 2.49. The van der Waals surface area contributed by atoms with Crippen LogP contribution in [0.2, 0.25) is 0 Å². The minimum Gasteiger partial charge on any atom is -0.462 e. The van der Waals surface area contributed by atoms with Gasteiger partial charge >= 0.3 is 5.97 Å². The van der Waals surface area contributed by atoms with Crippen molar-refractivity contribution in [3.05, 3.63) is 0 Å². The largest absolute Gasteiger partial charge is 0.462 e. The van der Waals surface area contributed by atoms with Crippen LogP contribution in [0.5, 0.6) is 0 Å². The molecule has 1 rings (SSSR count). The molecule has 3 heteroatoms. The van der Waals surface area contributed by atoms with Crippen LogP contribution in [0.15, 0.2) is 0 Å². The summed E-state index contributed by atoms with van der Waals surface area (Å²) < 4.78 is 5.28. The van der Waals surface area contributed by atoms with E-state index in [0.717, 1.165) is 12.8 Å². The maximum absolute atomic E-state index is 11.7. The first-order valence-corrected chi connectivity index (χ1v) is 5.40. The van der Waals surface area contributed by atoms with E-state index >= 15 is 0 Å². The Kier molecular flexibility index (Phi) is 2.94. The summed E-state index contributed by atoms with van der Waals surface area (Å²) in [6, 6.07) is 0. The van der Waals surface area contributed by atoms with Crippen LogP contribution in [0.1, 0.15) is 47.5 Å². The number of esters is 1. The second kappa shape index (κ2) is 3.62. The van der Waals surface area contributed by atoms with Gasteiger partial charge in [0.15, 0.2) is 0 Å². The van der Waals surface area contributed by atoms with Gasteiger partial charge in [0.05, 0.1) is 0 Å². The van der Waals surface area contributed by atoms with Crippen molar-refractivity contribution in [3.8, 4) is 0 Å². The van der Waals surface area contributed by atoms with Gasteiger partial charge in [-0.15, -0.1) is 0 Å². The molecule has 0 unspecified atom stereocenters. The highest BCUT2D eigenvalue weighted by Crippen LogP contribution is 2.54. The summed E-state index contributed by atoms with van der Waals surface area (Å²) >= 11 is 0. The van der Waals surface area contributed by atoms with E-state index in [4.69, 9.17) is 4.74 Å². The van der Waals surface area contributed by atoms with Crippen LogP contribution < -0.4 is 0 Å². The third kappa shape index (κ3) is 1.80. The normalized spacial score (nSPS) is 33.8. The summed E-state index contributed by atoms with van der Waals surface area (Å²) in [6.45, 7) is 9.03. The van der Waals surface area contributed by atoms with E-state index in [2.05, 4.69) is 0 Å². The summed E-state index contributed by atoms with van der Waals surface area (Å²) in [5.41, 5.74) is -0.641. The van der Waals surface area contributed by atoms with Crippen molar-refractivity contribution in [2.75, 3.05) is 0 Å². The highest BCUT2D eigenvalue weighted by atomic mass is 16.5. The summed E-state index contributed by atoms with van der Waals surface area (Å²) in [4.78, 5) is 22.6. The molecule has 1 saturated carbocycles. The lowest BCUT2D eigenvalue weighted by Gasteiger charge is -2.39. The number of ether oxygens (including phenoxy) is 1. The van der Waals surface area contributed by atoms with Crippen molar-refractivity contribution in [3.63, 3.8) is 0 Å². The molecule has 86 valence electrons. The molecule has 0 heterocycles. The zero-order valence-electron chi connectivity index (χ0n) is 10.2. The third-order valence-corrected chi connectivity index (χ3v) is 4.22. The second-order valence-corrected chi connectivity index (χ2v) is 5.25. The number of rotatable bonds is 2. The predicted molar refractivity (Wildman–Crippen MR) is 57.4 cm³/mol. The van der Waals surface area contributed by atoms with Crippen LogP contribution in [-0.4, -0.2) is 17.9 Å². The third-order valence-electron chi connectivity index (χ3n) is 4.22. The molecule has 1 fully saturated rings. The van der Waals surface area contributed by atoms with Gasteiger partial charge < -0.3 is 4.74 Å². The summed E-state index contributed by atoms with van der Waals surface area (Å²) in [5.74, 6) is -0.0805. The molecule has 1 aliphatic carbocycles. The van der Waals surface area contributed by atoms with Gasteiger partial charge in [0, 0.05) is 17.8 Å². The van der Waals surface area contributed by atoms with Crippen molar-refractivity contribution in [1.29, 1.82) is 0 Å². The number of ketones is 1. The summed E-state index contributed by atoms with van der Waals surface area (Å²) in [7, 11) is 0. The number of hydrogen-bond acceptors (Lipinski definition) is 3. The quantitative estimate of drug-likeness (QED) is 0.660. The van der Waals surface area contributed by atoms with E-state index in [1.165, 1.54) is 6.92 Å². The van der Waals surface area contributed by atoms with Crippen molar-refractivity contribution >= 4 is 11.8 Å². The predicted octanol–water partition coefficient (Wildman–Crippen LogP) is 2.33. The van der Waals surface area contributed by atoms with Gasteiger partial charge in [-0.2, -0.15) is 0 Å². The molecule has 0 N–H and O–H groups in total. The monoisotopic (exact) mass is 212 g/mol. The smallest absolute Gasteiger partial charge is 0.302 e. The average molecular weight is 212 g/mol. The molecule has 15 heavy (non-hydrogen) atoms. The van der Waals surface area contributed by atoms with Gasteiger partial charge in [-0.25, -0.2) is 0 Å². The highest BCUT2D eigenvalue weighted by Gasteiger charge is 2.55. The Labute approximate surface area is 91.2 Å². The Balaban J connectivity index is 2.93. The van der Waals surface area contributed by atoms with Gasteiger partial charge in [-0.05, 0) is 19.8 Å². The molecule has 0 saturated heterocycles. The van der Waals surface area contributed by atoms with Gasteiger partial charge in [0.2, 0.25) is 0 Å². The molecule has 0 spiro atoms. The first-order chi connectivity index (χ1) is 6.72. The van der Waals surface area contributed by atoms with E-state index in [-0.39, 0.29) is 28.7 Å². The Morgan fingerprint density at radius 2 is 1.73 bits per heavy atom. The van der Waals surface area contributed by atoms with Crippen molar-refractivity contribution in [2.24, 2.45) is 10.8 Å². The van der Waals surface area contributed by atoms with E-state index in [1.807, 2.05) is 20.8 Å². The highest BCUT2D eigenvalue weighted by molar-refractivity contribution is 5.83. The molecule has 0 amide bonds. The van der Waals surface area contributed by atoms with E-state index in [9.17, 15) is 9.59 Å². The fraction of sp³-hybridized carbons (Fsp3) is 0.833. The molecular formula is C12H20O3. The van der Waals surface area contributed by atoms with E-state index in [0.29, 0.717) is 0 Å². The number of hydrogen-bond donors (Lipinski definition) is 0. The molecule has 2 atom stereocenters.